The third-order valence-electron chi connectivity index (χ3n) is 3.74. The van der Waals surface area contributed by atoms with Gasteiger partial charge in [0.25, 0.3) is 0 Å². The summed E-state index contributed by atoms with van der Waals surface area (Å²) in [4.78, 5) is 32.4. The number of aryl methyl sites for hydroxylation is 2. The van der Waals surface area contributed by atoms with E-state index >= 15 is 0 Å². The third kappa shape index (κ3) is 12.7. The van der Waals surface area contributed by atoms with Crippen molar-refractivity contribution >= 4 is 45.2 Å². The quantitative estimate of drug-likeness (QED) is 0.278. The van der Waals surface area contributed by atoms with E-state index in [4.69, 9.17) is 5.73 Å². The minimum atomic E-state index is -4.90. The number of alkyl halides is 7. The van der Waals surface area contributed by atoms with Crippen LogP contribution < -0.4 is 16.4 Å². The smallest absolute Gasteiger partial charge is 0.384 e. The van der Waals surface area contributed by atoms with Crippen molar-refractivity contribution in [3.63, 3.8) is 0 Å². The van der Waals surface area contributed by atoms with Crippen molar-refractivity contribution in [3.8, 4) is 0 Å². The number of pyridine rings is 3. The summed E-state index contributed by atoms with van der Waals surface area (Å²) in [5.74, 6) is -3.68. The monoisotopic (exact) mass is 594 g/mol. The van der Waals surface area contributed by atoms with E-state index in [2.05, 4.69) is 30.9 Å². The van der Waals surface area contributed by atoms with E-state index in [1.807, 2.05) is 19.1 Å². The number of halogens is 7. The van der Waals surface area contributed by atoms with Crippen molar-refractivity contribution in [2.24, 2.45) is 0 Å². The Morgan fingerprint density at radius 2 is 1.19 bits per heavy atom. The fourth-order valence-electron chi connectivity index (χ4n) is 2.17. The first-order valence-corrected chi connectivity index (χ1v) is 11.1. The number of nitrogens with two attached hydrogens (primary N) is 1. The van der Waals surface area contributed by atoms with E-state index in [0.29, 0.717) is 22.5 Å². The van der Waals surface area contributed by atoms with Gasteiger partial charge in [-0.1, -0.05) is 34.1 Å². The molecular weight excluding hydrogens is 574 g/mol. The molecule has 37 heavy (non-hydrogen) atoms. The van der Waals surface area contributed by atoms with Gasteiger partial charge >= 0.3 is 24.2 Å². The van der Waals surface area contributed by atoms with Crippen molar-refractivity contribution in [1.29, 1.82) is 0 Å². The lowest BCUT2D eigenvalue weighted by molar-refractivity contribution is -0.167. The molecule has 2 amide bonds. The van der Waals surface area contributed by atoms with Crippen LogP contribution in [0.4, 0.5) is 43.8 Å². The average molecular weight is 595 g/mol. The first kappa shape index (κ1) is 31.3. The molecule has 0 aliphatic carbocycles. The number of carbonyl (C=O) groups excluding carboxylic acids is 2. The van der Waals surface area contributed by atoms with Crippen molar-refractivity contribution in [2.75, 3.05) is 16.4 Å². The van der Waals surface area contributed by atoms with Crippen LogP contribution in [0.2, 0.25) is 0 Å². The number of anilines is 3. The van der Waals surface area contributed by atoms with Gasteiger partial charge < -0.3 is 16.4 Å². The molecule has 0 spiro atoms. The lowest BCUT2D eigenvalue weighted by atomic mass is 10.4. The molecule has 0 bridgehead atoms. The minimum Gasteiger partial charge on any atom is -0.384 e. The largest absolute Gasteiger partial charge is 0.471 e. The summed E-state index contributed by atoms with van der Waals surface area (Å²) in [6.45, 7) is 3.53. The molecule has 3 heterocycles. The van der Waals surface area contributed by atoms with E-state index in [0.717, 1.165) is 5.69 Å². The van der Waals surface area contributed by atoms with Gasteiger partial charge in [-0.05, 0) is 50.2 Å². The number of nitrogens with one attached hydrogen (secondary N) is 2. The SMILES string of the molecule is Cc1cccc(N)n1.Cc1cccc(NC(=O)C(F)(F)F)n1.O=C(Nc1cccc(CBr)n1)C(F)(F)F. The Bertz CT molecular complexity index is 1170. The Kier molecular flexibility index (Phi) is 11.9. The molecule has 0 fully saturated rings. The van der Waals surface area contributed by atoms with E-state index in [1.54, 1.807) is 35.8 Å². The number of nitrogen functional groups attached to an aromatic ring is 1. The first-order valence-electron chi connectivity index (χ1n) is 10.0. The summed E-state index contributed by atoms with van der Waals surface area (Å²) in [6.07, 6.45) is -9.78. The Morgan fingerprint density at radius 3 is 1.57 bits per heavy atom. The average Bonchev–Trinajstić information content (AvgIpc) is 2.79. The molecule has 3 aromatic heterocycles. The van der Waals surface area contributed by atoms with Crippen LogP contribution >= 0.6 is 15.9 Å². The van der Waals surface area contributed by atoms with Crippen LogP contribution in [-0.2, 0) is 14.9 Å². The second kappa shape index (κ2) is 14.1. The van der Waals surface area contributed by atoms with Crippen LogP contribution in [0.3, 0.4) is 0 Å². The highest BCUT2D eigenvalue weighted by Gasteiger charge is 2.39. The fourth-order valence-corrected chi connectivity index (χ4v) is 2.49. The Labute approximate surface area is 215 Å². The van der Waals surface area contributed by atoms with E-state index < -0.39 is 24.2 Å². The predicted octanol–water partition coefficient (Wildman–Crippen LogP) is 5.34. The van der Waals surface area contributed by atoms with Gasteiger partial charge in [-0.3, -0.25) is 9.59 Å². The highest BCUT2D eigenvalue weighted by Crippen LogP contribution is 2.18. The van der Waals surface area contributed by atoms with E-state index in [1.165, 1.54) is 24.3 Å². The summed E-state index contributed by atoms with van der Waals surface area (Å²) in [5, 5.41) is 3.71. The lowest BCUT2D eigenvalue weighted by Crippen LogP contribution is -2.30. The van der Waals surface area contributed by atoms with Crippen molar-refractivity contribution in [1.82, 2.24) is 15.0 Å². The summed E-state index contributed by atoms with van der Waals surface area (Å²) in [5.41, 5.74) is 7.38. The number of hydrogen-bond donors (Lipinski definition) is 3. The lowest BCUT2D eigenvalue weighted by Gasteiger charge is -2.07. The number of aromatic nitrogens is 3. The number of amides is 2. The Hall–Kier alpha value is -3.75. The maximum Gasteiger partial charge on any atom is 0.471 e. The van der Waals surface area contributed by atoms with Gasteiger partial charge in [0.1, 0.15) is 17.5 Å². The number of carbonyl (C=O) groups is 2. The molecule has 0 aliphatic rings. The summed E-state index contributed by atoms with van der Waals surface area (Å²) >= 11 is 3.10. The molecule has 4 N–H and O–H groups in total. The van der Waals surface area contributed by atoms with Gasteiger partial charge in [-0.2, -0.15) is 26.3 Å². The predicted molar refractivity (Wildman–Crippen MR) is 129 cm³/mol. The zero-order chi connectivity index (χ0) is 28.2. The van der Waals surface area contributed by atoms with Crippen molar-refractivity contribution in [3.05, 3.63) is 71.7 Å². The molecule has 0 unspecified atom stereocenters. The van der Waals surface area contributed by atoms with Crippen LogP contribution in [0.25, 0.3) is 0 Å². The maximum atomic E-state index is 11.9. The molecule has 200 valence electrons. The molecule has 0 radical (unpaired) electrons. The van der Waals surface area contributed by atoms with Gasteiger partial charge in [0.05, 0.1) is 5.69 Å². The van der Waals surface area contributed by atoms with E-state index in [-0.39, 0.29) is 11.6 Å². The van der Waals surface area contributed by atoms with Crippen molar-refractivity contribution < 1.29 is 35.9 Å². The number of nitrogens with zero attached hydrogens (tertiary/aromatic N) is 3. The molecule has 3 rings (SSSR count). The first-order chi connectivity index (χ1) is 17.1. The van der Waals surface area contributed by atoms with Crippen LogP contribution in [-0.4, -0.2) is 39.1 Å². The Balaban J connectivity index is 0.000000290. The molecule has 0 aliphatic heterocycles. The molecule has 8 nitrogen and oxygen atoms in total. The normalized spacial score (nSPS) is 10.7. The van der Waals surface area contributed by atoms with Crippen LogP contribution in [0.1, 0.15) is 17.1 Å². The molecule has 0 saturated carbocycles. The molecule has 15 heteroatoms. The second-order valence-electron chi connectivity index (χ2n) is 6.92. The van der Waals surface area contributed by atoms with Gasteiger partial charge in [0.15, 0.2) is 0 Å². The zero-order valence-electron chi connectivity index (χ0n) is 19.3. The zero-order valence-corrected chi connectivity index (χ0v) is 20.9. The fraction of sp³-hybridized carbons (Fsp3) is 0.227. The summed E-state index contributed by atoms with van der Waals surface area (Å²) in [6, 6.07) is 14.4. The third-order valence-corrected chi connectivity index (χ3v) is 4.31. The molecular formula is C22H21BrF6N6O2. The molecule has 0 saturated heterocycles. The molecule has 3 aromatic rings. The standard InChI is InChI=1S/C8H6BrF3N2O.C8H7F3N2O.C6H8N2/c9-4-5-2-1-3-6(13-5)14-7(15)8(10,11)12;1-5-3-2-4-6(12-5)13-7(14)8(9,10)11;1-5-3-2-4-6(7)8-5/h1-3H,4H2,(H,13,14,15);2-4H,1H3,(H,12,13,14);2-4H,1H3,(H2,7,8). The molecule has 0 atom stereocenters. The van der Waals surface area contributed by atoms with E-state index in [9.17, 15) is 35.9 Å². The summed E-state index contributed by atoms with van der Waals surface area (Å²) in [7, 11) is 0. The number of rotatable bonds is 3. The summed E-state index contributed by atoms with van der Waals surface area (Å²) < 4.78 is 71.0. The highest BCUT2D eigenvalue weighted by molar-refractivity contribution is 9.08. The highest BCUT2D eigenvalue weighted by atomic mass is 79.9. The van der Waals surface area contributed by atoms with Gasteiger partial charge in [0.2, 0.25) is 0 Å². The van der Waals surface area contributed by atoms with Crippen LogP contribution in [0, 0.1) is 13.8 Å². The van der Waals surface area contributed by atoms with Crippen molar-refractivity contribution in [2.45, 2.75) is 31.5 Å². The molecule has 0 aromatic carbocycles. The van der Waals surface area contributed by atoms with Gasteiger partial charge in [-0.15, -0.1) is 0 Å². The maximum absolute atomic E-state index is 11.9. The van der Waals surface area contributed by atoms with Gasteiger partial charge in [0, 0.05) is 16.7 Å². The topological polar surface area (TPSA) is 123 Å². The minimum absolute atomic E-state index is 0.104. The van der Waals surface area contributed by atoms with Crippen LogP contribution in [0.15, 0.2) is 54.6 Å². The number of hydrogen-bond acceptors (Lipinski definition) is 6. The van der Waals surface area contributed by atoms with Crippen LogP contribution in [0.5, 0.6) is 0 Å². The van der Waals surface area contributed by atoms with Gasteiger partial charge in [-0.25, -0.2) is 15.0 Å². The second-order valence-corrected chi connectivity index (χ2v) is 7.48. The Morgan fingerprint density at radius 1 is 0.757 bits per heavy atom.